The Morgan fingerprint density at radius 1 is 1.00 bits per heavy atom. The fourth-order valence-corrected chi connectivity index (χ4v) is 2.29. The lowest BCUT2D eigenvalue weighted by atomic mass is 10.1. The number of nitrogens with one attached hydrogen (secondary N) is 1. The van der Waals surface area contributed by atoms with Crippen LogP contribution in [0.15, 0.2) is 54.6 Å². The van der Waals surface area contributed by atoms with Crippen molar-refractivity contribution in [1.82, 2.24) is 4.90 Å². The fraction of sp³-hybridized carbons (Fsp3) is 0.300. The minimum absolute atomic E-state index is 0.0723. The van der Waals surface area contributed by atoms with Crippen LogP contribution in [0.1, 0.15) is 20.8 Å². The molecule has 26 heavy (non-hydrogen) atoms. The summed E-state index contributed by atoms with van der Waals surface area (Å²) in [4.78, 5) is 25.6. The highest BCUT2D eigenvalue weighted by molar-refractivity contribution is 5.99. The molecule has 0 unspecified atom stereocenters. The standard InChI is InChI=1S/C20H25N3O3/c1-20(2,3)26-19(25)23(14-13-21)18(24)22-17-11-9-16(10-12-17)15-7-5-4-6-8-15/h4-12H,13-14,21H2,1-3H3,(H,22,24). The van der Waals surface area contributed by atoms with E-state index < -0.39 is 17.7 Å². The molecule has 0 radical (unpaired) electrons. The van der Waals surface area contributed by atoms with Crippen LogP contribution >= 0.6 is 0 Å². The number of hydrogen-bond donors (Lipinski definition) is 2. The Morgan fingerprint density at radius 3 is 2.12 bits per heavy atom. The lowest BCUT2D eigenvalue weighted by Crippen LogP contribution is -2.45. The first-order chi connectivity index (χ1) is 12.3. The average molecular weight is 355 g/mol. The largest absolute Gasteiger partial charge is 0.443 e. The van der Waals surface area contributed by atoms with E-state index in [4.69, 9.17) is 10.5 Å². The number of nitrogens with zero attached hydrogens (tertiary/aromatic N) is 1. The minimum atomic E-state index is -0.721. The molecule has 0 saturated heterocycles. The summed E-state index contributed by atoms with van der Waals surface area (Å²) >= 11 is 0. The molecule has 3 N–H and O–H groups in total. The lowest BCUT2D eigenvalue weighted by molar-refractivity contribution is 0.0337. The van der Waals surface area contributed by atoms with Crippen LogP contribution in [0.2, 0.25) is 0 Å². The van der Waals surface area contributed by atoms with Crippen molar-refractivity contribution in [2.45, 2.75) is 26.4 Å². The number of rotatable bonds is 4. The second-order valence-electron chi connectivity index (χ2n) is 6.79. The van der Waals surface area contributed by atoms with Crippen LogP contribution in [0.4, 0.5) is 15.3 Å². The number of urea groups is 1. The maximum absolute atomic E-state index is 12.4. The van der Waals surface area contributed by atoms with E-state index in [-0.39, 0.29) is 13.1 Å². The molecule has 2 rings (SSSR count). The first kappa shape index (κ1) is 19.5. The maximum atomic E-state index is 12.4. The van der Waals surface area contributed by atoms with E-state index in [0.717, 1.165) is 16.0 Å². The number of hydrogen-bond acceptors (Lipinski definition) is 4. The van der Waals surface area contributed by atoms with Crippen molar-refractivity contribution in [3.8, 4) is 11.1 Å². The topological polar surface area (TPSA) is 84.7 Å². The molecule has 0 spiro atoms. The van der Waals surface area contributed by atoms with Crippen molar-refractivity contribution in [3.05, 3.63) is 54.6 Å². The third kappa shape index (κ3) is 5.60. The number of benzene rings is 2. The van der Waals surface area contributed by atoms with Crippen LogP contribution < -0.4 is 11.1 Å². The number of ether oxygens (including phenoxy) is 1. The van der Waals surface area contributed by atoms with Gasteiger partial charge in [-0.25, -0.2) is 14.5 Å². The monoisotopic (exact) mass is 355 g/mol. The molecule has 0 aliphatic carbocycles. The number of amides is 3. The van der Waals surface area contributed by atoms with Gasteiger partial charge < -0.3 is 15.8 Å². The molecule has 0 heterocycles. The lowest BCUT2D eigenvalue weighted by Gasteiger charge is -2.26. The Bertz CT molecular complexity index is 737. The molecule has 0 aliphatic heterocycles. The van der Waals surface area contributed by atoms with Crippen molar-refractivity contribution in [1.29, 1.82) is 0 Å². The second-order valence-corrected chi connectivity index (χ2v) is 6.79. The molecule has 0 aromatic heterocycles. The Morgan fingerprint density at radius 2 is 1.58 bits per heavy atom. The van der Waals surface area contributed by atoms with Gasteiger partial charge in [0.25, 0.3) is 0 Å². The third-order valence-electron chi connectivity index (χ3n) is 3.46. The van der Waals surface area contributed by atoms with E-state index in [9.17, 15) is 9.59 Å². The zero-order chi connectivity index (χ0) is 19.2. The molecule has 0 fully saturated rings. The molecule has 6 nitrogen and oxygen atoms in total. The van der Waals surface area contributed by atoms with Crippen molar-refractivity contribution in [2.75, 3.05) is 18.4 Å². The summed E-state index contributed by atoms with van der Waals surface area (Å²) in [5, 5.41) is 2.70. The van der Waals surface area contributed by atoms with Gasteiger partial charge in [0.1, 0.15) is 5.60 Å². The van der Waals surface area contributed by atoms with Gasteiger partial charge >= 0.3 is 12.1 Å². The van der Waals surface area contributed by atoms with Crippen molar-refractivity contribution in [3.63, 3.8) is 0 Å². The maximum Gasteiger partial charge on any atom is 0.418 e. The molecule has 0 aliphatic rings. The molecule has 2 aromatic rings. The molecular weight excluding hydrogens is 330 g/mol. The highest BCUT2D eigenvalue weighted by Crippen LogP contribution is 2.21. The molecular formula is C20H25N3O3. The van der Waals surface area contributed by atoms with Gasteiger partial charge in [-0.2, -0.15) is 0 Å². The van der Waals surface area contributed by atoms with E-state index >= 15 is 0 Å². The molecule has 138 valence electrons. The molecule has 0 saturated carbocycles. The summed E-state index contributed by atoms with van der Waals surface area (Å²) in [6.45, 7) is 5.45. The van der Waals surface area contributed by atoms with Gasteiger partial charge in [-0.3, -0.25) is 0 Å². The quantitative estimate of drug-likeness (QED) is 0.865. The van der Waals surface area contributed by atoms with Gasteiger partial charge in [-0.05, 0) is 44.0 Å². The fourth-order valence-electron chi connectivity index (χ4n) is 2.29. The van der Waals surface area contributed by atoms with Crippen LogP contribution in [0, 0.1) is 0 Å². The number of carbonyl (C=O) groups is 2. The number of nitrogens with two attached hydrogens (primary N) is 1. The van der Waals surface area contributed by atoms with Gasteiger partial charge in [-0.1, -0.05) is 42.5 Å². The first-order valence-electron chi connectivity index (χ1n) is 8.47. The van der Waals surface area contributed by atoms with E-state index in [1.54, 1.807) is 32.9 Å². The van der Waals surface area contributed by atoms with Gasteiger partial charge in [0.05, 0.1) is 0 Å². The zero-order valence-electron chi connectivity index (χ0n) is 15.4. The van der Waals surface area contributed by atoms with Gasteiger partial charge in [-0.15, -0.1) is 0 Å². The van der Waals surface area contributed by atoms with Crippen LogP contribution in [-0.2, 0) is 4.74 Å². The van der Waals surface area contributed by atoms with Crippen molar-refractivity contribution >= 4 is 17.8 Å². The highest BCUT2D eigenvalue weighted by Gasteiger charge is 2.26. The van der Waals surface area contributed by atoms with E-state index in [2.05, 4.69) is 5.32 Å². The normalized spacial score (nSPS) is 10.9. The van der Waals surface area contributed by atoms with Crippen LogP contribution in [0.3, 0.4) is 0 Å². The summed E-state index contributed by atoms with van der Waals surface area (Å²) in [5.74, 6) is 0. The van der Waals surface area contributed by atoms with Crippen LogP contribution in [0.25, 0.3) is 11.1 Å². The Balaban J connectivity index is 2.07. The van der Waals surface area contributed by atoms with Crippen LogP contribution in [0.5, 0.6) is 0 Å². The van der Waals surface area contributed by atoms with Gasteiger partial charge in [0, 0.05) is 18.8 Å². The number of imide groups is 1. The molecule has 6 heteroatoms. The second kappa shape index (κ2) is 8.49. The number of carbonyl (C=O) groups excluding carboxylic acids is 2. The Hall–Kier alpha value is -2.86. The first-order valence-corrected chi connectivity index (χ1v) is 8.47. The minimum Gasteiger partial charge on any atom is -0.443 e. The van der Waals surface area contributed by atoms with E-state index in [0.29, 0.717) is 5.69 Å². The highest BCUT2D eigenvalue weighted by atomic mass is 16.6. The van der Waals surface area contributed by atoms with Crippen LogP contribution in [-0.4, -0.2) is 35.7 Å². The van der Waals surface area contributed by atoms with E-state index in [1.807, 2.05) is 42.5 Å². The zero-order valence-corrected chi connectivity index (χ0v) is 15.4. The summed E-state index contributed by atoms with van der Waals surface area (Å²) in [5.41, 5.74) is 7.53. The molecule has 0 atom stereocenters. The summed E-state index contributed by atoms with van der Waals surface area (Å²) in [6.07, 6.45) is -0.721. The average Bonchev–Trinajstić information content (AvgIpc) is 2.59. The third-order valence-corrected chi connectivity index (χ3v) is 3.46. The smallest absolute Gasteiger partial charge is 0.418 e. The predicted molar refractivity (Wildman–Crippen MR) is 103 cm³/mol. The predicted octanol–water partition coefficient (Wildman–Crippen LogP) is 4.08. The van der Waals surface area contributed by atoms with Crippen molar-refractivity contribution in [2.24, 2.45) is 5.73 Å². The SMILES string of the molecule is CC(C)(C)OC(=O)N(CCN)C(=O)Nc1ccc(-c2ccccc2)cc1. The van der Waals surface area contributed by atoms with Gasteiger partial charge in [0.15, 0.2) is 0 Å². The van der Waals surface area contributed by atoms with Gasteiger partial charge in [0.2, 0.25) is 0 Å². The number of anilines is 1. The molecule has 0 bridgehead atoms. The summed E-state index contributed by atoms with van der Waals surface area (Å²) in [6, 6.07) is 16.7. The molecule has 3 amide bonds. The summed E-state index contributed by atoms with van der Waals surface area (Å²) in [7, 11) is 0. The Kier molecular flexibility index (Phi) is 6.36. The molecule has 2 aromatic carbocycles. The summed E-state index contributed by atoms with van der Waals surface area (Å²) < 4.78 is 5.26. The van der Waals surface area contributed by atoms with E-state index in [1.165, 1.54) is 0 Å². The Labute approximate surface area is 153 Å². The van der Waals surface area contributed by atoms with Crippen molar-refractivity contribution < 1.29 is 14.3 Å².